The SMILES string of the molecule is CCOc1ccc(C2CCC(C(=O)Oc3ccc(C#N)c(F)c3F)CC2)cc1. The highest BCUT2D eigenvalue weighted by Crippen LogP contribution is 2.37. The third kappa shape index (κ3) is 4.30. The Hall–Kier alpha value is -2.94. The van der Waals surface area contributed by atoms with Crippen LogP contribution in [0.15, 0.2) is 36.4 Å². The van der Waals surface area contributed by atoms with E-state index in [9.17, 15) is 13.6 Å². The van der Waals surface area contributed by atoms with Gasteiger partial charge >= 0.3 is 5.97 Å². The standard InChI is InChI=1S/C22H21F2NO3/c1-2-27-18-10-7-15(8-11-18)14-3-5-16(6-4-14)22(26)28-19-12-9-17(13-25)20(23)21(19)24/h7-12,14,16H,2-6H2,1H3. The van der Waals surface area contributed by atoms with E-state index in [2.05, 4.69) is 0 Å². The number of esters is 1. The van der Waals surface area contributed by atoms with Crippen molar-refractivity contribution < 1.29 is 23.0 Å². The van der Waals surface area contributed by atoms with E-state index in [4.69, 9.17) is 14.7 Å². The van der Waals surface area contributed by atoms with Crippen LogP contribution in [0.1, 0.15) is 49.7 Å². The molecule has 1 fully saturated rings. The molecule has 1 aliphatic rings. The van der Waals surface area contributed by atoms with Crippen molar-refractivity contribution in [2.45, 2.75) is 38.5 Å². The highest BCUT2D eigenvalue weighted by atomic mass is 19.2. The number of hydrogen-bond acceptors (Lipinski definition) is 4. The molecule has 0 saturated heterocycles. The van der Waals surface area contributed by atoms with E-state index in [0.717, 1.165) is 30.7 Å². The lowest BCUT2D eigenvalue weighted by molar-refractivity contribution is -0.140. The van der Waals surface area contributed by atoms with E-state index in [0.29, 0.717) is 25.4 Å². The largest absolute Gasteiger partial charge is 0.494 e. The first-order valence-electron chi connectivity index (χ1n) is 9.36. The van der Waals surface area contributed by atoms with Gasteiger partial charge in [-0.15, -0.1) is 0 Å². The van der Waals surface area contributed by atoms with Crippen molar-refractivity contribution in [2.24, 2.45) is 5.92 Å². The first kappa shape index (κ1) is 19.8. The highest BCUT2D eigenvalue weighted by molar-refractivity contribution is 5.75. The van der Waals surface area contributed by atoms with Crippen molar-refractivity contribution in [1.29, 1.82) is 5.26 Å². The van der Waals surface area contributed by atoms with Crippen LogP contribution in [0.4, 0.5) is 8.78 Å². The van der Waals surface area contributed by atoms with Crippen LogP contribution >= 0.6 is 0 Å². The summed E-state index contributed by atoms with van der Waals surface area (Å²) in [6, 6.07) is 11.7. The lowest BCUT2D eigenvalue weighted by Gasteiger charge is -2.27. The molecule has 0 atom stereocenters. The zero-order valence-corrected chi connectivity index (χ0v) is 15.6. The second kappa shape index (κ2) is 8.83. The Morgan fingerprint density at radius 1 is 1.07 bits per heavy atom. The quantitative estimate of drug-likeness (QED) is 0.530. The van der Waals surface area contributed by atoms with Crippen LogP contribution in [0.2, 0.25) is 0 Å². The van der Waals surface area contributed by atoms with Crippen LogP contribution in [0.25, 0.3) is 0 Å². The van der Waals surface area contributed by atoms with Crippen molar-refractivity contribution in [3.63, 3.8) is 0 Å². The van der Waals surface area contributed by atoms with Gasteiger partial charge in [0.15, 0.2) is 11.6 Å². The lowest BCUT2D eigenvalue weighted by Crippen LogP contribution is -2.25. The number of halogens is 2. The molecule has 2 aromatic carbocycles. The number of hydrogen-bond donors (Lipinski definition) is 0. The van der Waals surface area contributed by atoms with Crippen LogP contribution in [0, 0.1) is 28.9 Å². The minimum Gasteiger partial charge on any atom is -0.494 e. The molecule has 0 spiro atoms. The van der Waals surface area contributed by atoms with E-state index in [1.807, 2.05) is 31.2 Å². The fourth-order valence-electron chi connectivity index (χ4n) is 3.55. The van der Waals surface area contributed by atoms with Gasteiger partial charge in [0.1, 0.15) is 11.8 Å². The average Bonchev–Trinajstić information content (AvgIpc) is 2.72. The summed E-state index contributed by atoms with van der Waals surface area (Å²) in [5, 5.41) is 8.71. The zero-order valence-electron chi connectivity index (χ0n) is 15.6. The van der Waals surface area contributed by atoms with Crippen LogP contribution in [0.3, 0.4) is 0 Å². The molecule has 2 aromatic rings. The summed E-state index contributed by atoms with van der Waals surface area (Å²) in [7, 11) is 0. The maximum Gasteiger partial charge on any atom is 0.314 e. The van der Waals surface area contributed by atoms with Crippen LogP contribution < -0.4 is 9.47 Å². The smallest absolute Gasteiger partial charge is 0.314 e. The molecule has 0 bridgehead atoms. The minimum atomic E-state index is -1.31. The molecule has 146 valence electrons. The van der Waals surface area contributed by atoms with Crippen LogP contribution in [0.5, 0.6) is 11.5 Å². The van der Waals surface area contributed by atoms with Crippen molar-refractivity contribution in [2.75, 3.05) is 6.61 Å². The van der Waals surface area contributed by atoms with Gasteiger partial charge in [0.2, 0.25) is 5.82 Å². The number of nitriles is 1. The normalized spacial score (nSPS) is 18.9. The van der Waals surface area contributed by atoms with E-state index in [-0.39, 0.29) is 5.92 Å². The summed E-state index contributed by atoms with van der Waals surface area (Å²) >= 11 is 0. The van der Waals surface area contributed by atoms with Gasteiger partial charge in [-0.1, -0.05) is 12.1 Å². The number of ether oxygens (including phenoxy) is 2. The summed E-state index contributed by atoms with van der Waals surface area (Å²) in [4.78, 5) is 12.4. The van der Waals surface area contributed by atoms with Gasteiger partial charge < -0.3 is 9.47 Å². The van der Waals surface area contributed by atoms with Crippen LogP contribution in [-0.2, 0) is 4.79 Å². The molecule has 28 heavy (non-hydrogen) atoms. The van der Waals surface area contributed by atoms with E-state index in [1.165, 1.54) is 5.56 Å². The molecule has 4 nitrogen and oxygen atoms in total. The Balaban J connectivity index is 1.58. The number of carbonyl (C=O) groups is 1. The van der Waals surface area contributed by atoms with Gasteiger partial charge in [0, 0.05) is 0 Å². The Morgan fingerprint density at radius 3 is 2.36 bits per heavy atom. The second-order valence-electron chi connectivity index (χ2n) is 6.82. The fraction of sp³-hybridized carbons (Fsp3) is 0.364. The van der Waals surface area contributed by atoms with Crippen LogP contribution in [-0.4, -0.2) is 12.6 Å². The number of benzene rings is 2. The maximum atomic E-state index is 13.9. The van der Waals surface area contributed by atoms with Crippen molar-refractivity contribution in [3.8, 4) is 17.6 Å². The lowest BCUT2D eigenvalue weighted by atomic mass is 9.79. The molecule has 0 radical (unpaired) electrons. The monoisotopic (exact) mass is 385 g/mol. The second-order valence-corrected chi connectivity index (χ2v) is 6.82. The molecule has 0 aliphatic heterocycles. The van der Waals surface area contributed by atoms with E-state index < -0.39 is 28.9 Å². The van der Waals surface area contributed by atoms with Gasteiger partial charge in [0.25, 0.3) is 0 Å². The van der Waals surface area contributed by atoms with Gasteiger partial charge in [-0.2, -0.15) is 9.65 Å². The summed E-state index contributed by atoms with van der Waals surface area (Å²) < 4.78 is 38.1. The topological polar surface area (TPSA) is 59.3 Å². The molecular weight excluding hydrogens is 364 g/mol. The van der Waals surface area contributed by atoms with Crippen molar-refractivity contribution in [1.82, 2.24) is 0 Å². The molecule has 0 aromatic heterocycles. The first-order chi connectivity index (χ1) is 13.5. The molecule has 1 aliphatic carbocycles. The predicted molar refractivity (Wildman–Crippen MR) is 99.0 cm³/mol. The Bertz CT molecular complexity index is 882. The third-order valence-electron chi connectivity index (χ3n) is 5.10. The molecule has 1 saturated carbocycles. The third-order valence-corrected chi connectivity index (χ3v) is 5.10. The van der Waals surface area contributed by atoms with E-state index in [1.54, 1.807) is 6.07 Å². The molecule has 0 amide bonds. The van der Waals surface area contributed by atoms with Gasteiger partial charge in [-0.25, -0.2) is 4.39 Å². The Labute approximate surface area is 162 Å². The number of carbonyl (C=O) groups excluding carboxylic acids is 1. The molecular formula is C22H21F2NO3. The molecule has 0 heterocycles. The van der Waals surface area contributed by atoms with Crippen molar-refractivity contribution >= 4 is 5.97 Å². The molecule has 3 rings (SSSR count). The van der Waals surface area contributed by atoms with Gasteiger partial charge in [0.05, 0.1) is 18.1 Å². The van der Waals surface area contributed by atoms with Gasteiger partial charge in [-0.05, 0) is 68.4 Å². The molecule has 6 heteroatoms. The maximum absolute atomic E-state index is 13.9. The Morgan fingerprint density at radius 2 is 1.75 bits per heavy atom. The average molecular weight is 385 g/mol. The van der Waals surface area contributed by atoms with Crippen molar-refractivity contribution in [3.05, 3.63) is 59.2 Å². The number of rotatable bonds is 5. The minimum absolute atomic E-state index is 0.350. The summed E-state index contributed by atoms with van der Waals surface area (Å²) in [5.74, 6) is -2.81. The van der Waals surface area contributed by atoms with E-state index >= 15 is 0 Å². The number of nitrogens with zero attached hydrogens (tertiary/aromatic N) is 1. The first-order valence-corrected chi connectivity index (χ1v) is 9.36. The summed E-state index contributed by atoms with van der Waals surface area (Å²) in [6.45, 7) is 2.56. The predicted octanol–water partition coefficient (Wildman–Crippen LogP) is 5.11. The molecule has 0 unspecified atom stereocenters. The summed E-state index contributed by atoms with van der Waals surface area (Å²) in [6.07, 6.45) is 2.88. The fourth-order valence-corrected chi connectivity index (χ4v) is 3.55. The Kier molecular flexibility index (Phi) is 6.25. The summed E-state index contributed by atoms with van der Waals surface area (Å²) in [5.41, 5.74) is 0.781. The highest BCUT2D eigenvalue weighted by Gasteiger charge is 2.29. The zero-order chi connectivity index (χ0) is 20.1. The van der Waals surface area contributed by atoms with Gasteiger partial charge in [-0.3, -0.25) is 4.79 Å². The molecule has 0 N–H and O–H groups in total.